The predicted octanol–water partition coefficient (Wildman–Crippen LogP) is 2.89. The molecule has 1 aromatic carbocycles. The summed E-state index contributed by atoms with van der Waals surface area (Å²) in [6, 6.07) is 7.98. The Kier molecular flexibility index (Phi) is 2.35. The number of fused-ring (bicyclic) bond motifs is 1. The normalized spacial score (nSPS) is 16.4. The van der Waals surface area contributed by atoms with E-state index in [0.717, 1.165) is 21.9 Å². The number of aromatic nitrogens is 2. The van der Waals surface area contributed by atoms with Crippen LogP contribution in [0.5, 0.6) is 5.75 Å². The van der Waals surface area contributed by atoms with E-state index in [2.05, 4.69) is 25.0 Å². The molecule has 3 rings (SSSR count). The van der Waals surface area contributed by atoms with Gasteiger partial charge < -0.3 is 10.5 Å². The number of rotatable bonds is 1. The number of nitrogen functional groups attached to an aromatic ring is 1. The Labute approximate surface area is 110 Å². The van der Waals surface area contributed by atoms with E-state index in [9.17, 15) is 0 Å². The van der Waals surface area contributed by atoms with Crippen LogP contribution >= 0.6 is 11.8 Å². The number of aryl methyl sites for hydroxylation is 1. The lowest BCUT2D eigenvalue weighted by atomic mass is 10.1. The second-order valence-corrected chi connectivity index (χ2v) is 6.44. The maximum absolute atomic E-state index is 6.00. The van der Waals surface area contributed by atoms with Gasteiger partial charge in [-0.2, -0.15) is 5.10 Å². The average Bonchev–Trinajstić information content (AvgIpc) is 2.77. The van der Waals surface area contributed by atoms with Crippen LogP contribution in [0.4, 0.5) is 5.82 Å². The van der Waals surface area contributed by atoms with E-state index in [1.54, 1.807) is 16.4 Å². The molecule has 18 heavy (non-hydrogen) atoms. The fourth-order valence-electron chi connectivity index (χ4n) is 2.05. The monoisotopic (exact) mass is 261 g/mol. The highest BCUT2D eigenvalue weighted by molar-refractivity contribution is 8.00. The molecule has 0 aliphatic carbocycles. The molecular weight excluding hydrogens is 246 g/mol. The molecule has 0 amide bonds. The topological polar surface area (TPSA) is 53.1 Å². The summed E-state index contributed by atoms with van der Waals surface area (Å²) in [4.78, 5) is 0.931. The molecule has 0 radical (unpaired) electrons. The zero-order valence-corrected chi connectivity index (χ0v) is 11.4. The molecular formula is C13H15N3OS. The summed E-state index contributed by atoms with van der Waals surface area (Å²) in [5.41, 5.74) is 7.68. The van der Waals surface area contributed by atoms with Crippen molar-refractivity contribution in [2.75, 3.05) is 5.73 Å². The van der Waals surface area contributed by atoms with Crippen LogP contribution in [0.3, 0.4) is 0 Å². The molecule has 0 fully saturated rings. The zero-order valence-electron chi connectivity index (χ0n) is 10.6. The fraction of sp³-hybridized carbons (Fsp3) is 0.308. The molecule has 0 bridgehead atoms. The summed E-state index contributed by atoms with van der Waals surface area (Å²) in [7, 11) is 1.83. The van der Waals surface area contributed by atoms with Crippen LogP contribution in [0.25, 0.3) is 11.3 Å². The van der Waals surface area contributed by atoms with E-state index in [-0.39, 0.29) is 4.93 Å². The number of hydrogen-bond acceptors (Lipinski definition) is 4. The Bertz CT molecular complexity index is 599. The lowest BCUT2D eigenvalue weighted by Gasteiger charge is -2.16. The van der Waals surface area contributed by atoms with Crippen molar-refractivity contribution in [3.8, 4) is 17.0 Å². The van der Waals surface area contributed by atoms with Crippen molar-refractivity contribution in [3.63, 3.8) is 0 Å². The van der Waals surface area contributed by atoms with Crippen LogP contribution in [0, 0.1) is 0 Å². The van der Waals surface area contributed by atoms with E-state index in [1.807, 2.05) is 25.2 Å². The second-order valence-electron chi connectivity index (χ2n) is 4.81. The van der Waals surface area contributed by atoms with Gasteiger partial charge in [0.25, 0.3) is 0 Å². The van der Waals surface area contributed by atoms with E-state index in [0.29, 0.717) is 5.82 Å². The van der Waals surface area contributed by atoms with Crippen molar-refractivity contribution >= 4 is 17.6 Å². The molecule has 0 saturated heterocycles. The quantitative estimate of drug-likeness (QED) is 0.857. The number of benzene rings is 1. The van der Waals surface area contributed by atoms with Crippen molar-refractivity contribution in [2.45, 2.75) is 23.7 Å². The lowest BCUT2D eigenvalue weighted by molar-refractivity contribution is 0.216. The highest BCUT2D eigenvalue weighted by Crippen LogP contribution is 2.50. The molecule has 0 spiro atoms. The van der Waals surface area contributed by atoms with Crippen molar-refractivity contribution in [1.82, 2.24) is 9.78 Å². The first-order valence-electron chi connectivity index (χ1n) is 5.77. The lowest BCUT2D eigenvalue weighted by Crippen LogP contribution is -2.18. The third-order valence-corrected chi connectivity index (χ3v) is 3.99. The smallest absolute Gasteiger partial charge is 0.153 e. The maximum atomic E-state index is 6.00. The van der Waals surface area contributed by atoms with Gasteiger partial charge in [-0.3, -0.25) is 4.68 Å². The number of hydrogen-bond donors (Lipinski definition) is 1. The predicted molar refractivity (Wildman–Crippen MR) is 73.6 cm³/mol. The van der Waals surface area contributed by atoms with Crippen LogP contribution in [0.2, 0.25) is 0 Å². The maximum Gasteiger partial charge on any atom is 0.153 e. The van der Waals surface area contributed by atoms with Crippen LogP contribution < -0.4 is 10.5 Å². The van der Waals surface area contributed by atoms with Gasteiger partial charge in [0.2, 0.25) is 0 Å². The Balaban J connectivity index is 2.13. The van der Waals surface area contributed by atoms with Crippen LogP contribution in [0.1, 0.15) is 13.8 Å². The Hall–Kier alpha value is -1.62. The van der Waals surface area contributed by atoms with Gasteiger partial charge in [0, 0.05) is 18.7 Å². The van der Waals surface area contributed by atoms with E-state index in [4.69, 9.17) is 10.5 Å². The minimum atomic E-state index is -0.223. The highest BCUT2D eigenvalue weighted by Gasteiger charge is 2.33. The molecule has 1 aliphatic heterocycles. The molecule has 0 saturated carbocycles. The zero-order chi connectivity index (χ0) is 12.9. The van der Waals surface area contributed by atoms with Gasteiger partial charge >= 0.3 is 0 Å². The van der Waals surface area contributed by atoms with Crippen molar-refractivity contribution in [3.05, 3.63) is 24.3 Å². The van der Waals surface area contributed by atoms with E-state index >= 15 is 0 Å². The van der Waals surface area contributed by atoms with E-state index < -0.39 is 0 Å². The van der Waals surface area contributed by atoms with Crippen LogP contribution in [0.15, 0.2) is 29.2 Å². The second kappa shape index (κ2) is 3.68. The molecule has 94 valence electrons. The number of nitrogens with two attached hydrogens (primary N) is 1. The molecule has 4 nitrogen and oxygen atoms in total. The number of anilines is 1. The number of thioether (sulfide) groups is 1. The van der Waals surface area contributed by atoms with Gasteiger partial charge in [0.05, 0.1) is 10.6 Å². The summed E-state index contributed by atoms with van der Waals surface area (Å²) in [5.74, 6) is 1.55. The fourth-order valence-corrected chi connectivity index (χ4v) is 3.09. The van der Waals surface area contributed by atoms with Crippen molar-refractivity contribution in [2.24, 2.45) is 7.05 Å². The average molecular weight is 261 g/mol. The van der Waals surface area contributed by atoms with Crippen LogP contribution in [-0.4, -0.2) is 14.7 Å². The molecule has 1 aliphatic rings. The number of ether oxygens (including phenoxy) is 1. The van der Waals surface area contributed by atoms with Gasteiger partial charge in [-0.1, -0.05) is 17.8 Å². The molecule has 2 N–H and O–H groups in total. The van der Waals surface area contributed by atoms with Gasteiger partial charge in [0.1, 0.15) is 11.6 Å². The molecule has 0 unspecified atom stereocenters. The molecule has 2 heterocycles. The largest absolute Gasteiger partial charge is 0.475 e. The standard InChI is InChI=1S/C13H15N3OS/c1-13(2)17-12-8(5-4-6-10(12)18-13)9-7-11(14)16(3)15-9/h4-7H,14H2,1-3H3. The van der Waals surface area contributed by atoms with Gasteiger partial charge in [-0.05, 0) is 26.0 Å². The van der Waals surface area contributed by atoms with Crippen molar-refractivity contribution < 1.29 is 4.74 Å². The molecule has 5 heteroatoms. The van der Waals surface area contributed by atoms with Gasteiger partial charge in [0.15, 0.2) is 4.93 Å². The molecule has 0 atom stereocenters. The van der Waals surface area contributed by atoms with Gasteiger partial charge in [-0.25, -0.2) is 0 Å². The van der Waals surface area contributed by atoms with Crippen molar-refractivity contribution in [1.29, 1.82) is 0 Å². The molecule has 1 aromatic heterocycles. The Morgan fingerprint density at radius 2 is 2.17 bits per heavy atom. The first-order chi connectivity index (χ1) is 8.46. The summed E-state index contributed by atoms with van der Waals surface area (Å²) in [6.07, 6.45) is 0. The third-order valence-electron chi connectivity index (χ3n) is 2.87. The Morgan fingerprint density at radius 3 is 2.83 bits per heavy atom. The summed E-state index contributed by atoms with van der Waals surface area (Å²) in [5, 5.41) is 4.41. The Morgan fingerprint density at radius 1 is 1.39 bits per heavy atom. The number of para-hydroxylation sites is 1. The first-order valence-corrected chi connectivity index (χ1v) is 6.59. The summed E-state index contributed by atoms with van der Waals surface area (Å²) >= 11 is 1.73. The van der Waals surface area contributed by atoms with Gasteiger partial charge in [-0.15, -0.1) is 0 Å². The first kappa shape index (κ1) is 11.5. The van der Waals surface area contributed by atoms with Crippen LogP contribution in [-0.2, 0) is 7.05 Å². The minimum absolute atomic E-state index is 0.223. The number of nitrogens with zero attached hydrogens (tertiary/aromatic N) is 2. The molecule has 2 aromatic rings. The summed E-state index contributed by atoms with van der Waals surface area (Å²) in [6.45, 7) is 4.13. The minimum Gasteiger partial charge on any atom is -0.475 e. The SMILES string of the molecule is Cn1nc(-c2cccc3c2OC(C)(C)S3)cc1N. The third kappa shape index (κ3) is 1.75. The highest BCUT2D eigenvalue weighted by atomic mass is 32.2. The summed E-state index contributed by atoms with van der Waals surface area (Å²) < 4.78 is 7.67. The van der Waals surface area contributed by atoms with E-state index in [1.165, 1.54) is 0 Å².